The molecule has 16 rings (SSSR count). The van der Waals surface area contributed by atoms with Crippen LogP contribution in [0.15, 0.2) is 231 Å². The summed E-state index contributed by atoms with van der Waals surface area (Å²) in [6, 6.07) is 69.7. The molecule has 11 aromatic carbocycles. The van der Waals surface area contributed by atoms with Crippen molar-refractivity contribution in [3.8, 4) is 17.0 Å². The van der Waals surface area contributed by atoms with E-state index in [4.69, 9.17) is 32.8 Å². The number of aliphatic hydroxyl groups is 2. The average molecular weight is 1910 g/mol. The summed E-state index contributed by atoms with van der Waals surface area (Å²) < 4.78 is 5.18. The van der Waals surface area contributed by atoms with E-state index in [0.717, 1.165) is 61.3 Å². The van der Waals surface area contributed by atoms with Crippen LogP contribution in [0.3, 0.4) is 0 Å². The van der Waals surface area contributed by atoms with Gasteiger partial charge >= 0.3 is 0 Å². The molecule has 16 aromatic rings. The van der Waals surface area contributed by atoms with E-state index in [-0.39, 0.29) is 30.9 Å². The summed E-state index contributed by atoms with van der Waals surface area (Å²) in [7, 11) is 1.56. The van der Waals surface area contributed by atoms with Crippen molar-refractivity contribution in [3.63, 3.8) is 0 Å². The molecule has 31 heteroatoms. The third-order valence-electron chi connectivity index (χ3n) is 25.2. The van der Waals surface area contributed by atoms with Crippen molar-refractivity contribution in [2.45, 2.75) is 148 Å². The number of carbonyl (C=O) groups excluding carboxylic acids is 7. The summed E-state index contributed by atoms with van der Waals surface area (Å²) >= 11 is 0. The van der Waals surface area contributed by atoms with Gasteiger partial charge in [0.15, 0.2) is 23.3 Å². The Balaban J connectivity index is 0.000000159. The molecule has 0 aliphatic heterocycles. The molecule has 0 unspecified atom stereocenters. The highest BCUT2D eigenvalue weighted by atomic mass is 16.5. The fourth-order valence-electron chi connectivity index (χ4n) is 16.4. The molecular formula is C111H119N21O10. The number of rotatable bonds is 34. The molecule has 0 fully saturated rings. The van der Waals surface area contributed by atoms with Crippen molar-refractivity contribution < 1.29 is 48.5 Å². The van der Waals surface area contributed by atoms with Crippen LogP contribution in [0.1, 0.15) is 218 Å². The van der Waals surface area contributed by atoms with Crippen LogP contribution in [0.25, 0.3) is 11.3 Å². The minimum Gasteiger partial charge on any atom is -0.497 e. The van der Waals surface area contributed by atoms with Crippen molar-refractivity contribution in [1.29, 1.82) is 0 Å². The van der Waals surface area contributed by atoms with Gasteiger partial charge in [0.25, 0.3) is 41.4 Å². The summed E-state index contributed by atoms with van der Waals surface area (Å²) in [4.78, 5) is 86.7. The number of nitrogens with zero attached hydrogens (tertiary/aromatic N) is 5. The van der Waals surface area contributed by atoms with Crippen molar-refractivity contribution in [1.82, 2.24) is 51.0 Å². The topological polar surface area (TPSA) is 501 Å². The van der Waals surface area contributed by atoms with E-state index in [1.54, 1.807) is 110 Å². The van der Waals surface area contributed by atoms with Crippen molar-refractivity contribution >= 4 is 81.7 Å². The first-order valence-corrected chi connectivity index (χ1v) is 46.2. The zero-order valence-electron chi connectivity index (χ0n) is 81.7. The van der Waals surface area contributed by atoms with E-state index in [1.165, 1.54) is 66.8 Å². The minimum absolute atomic E-state index is 0.0686. The highest BCUT2D eigenvalue weighted by Crippen LogP contribution is 2.31. The van der Waals surface area contributed by atoms with E-state index in [2.05, 4.69) is 220 Å². The average Bonchev–Trinajstić information content (AvgIpc) is 1.62. The van der Waals surface area contributed by atoms with Crippen LogP contribution in [0, 0.1) is 83.1 Å². The smallest absolute Gasteiger partial charge is 0.256 e. The lowest BCUT2D eigenvalue weighted by atomic mass is 10.0. The molecule has 5 aromatic heterocycles. The lowest BCUT2D eigenvalue weighted by Crippen LogP contribution is -2.16. The predicted octanol–water partition coefficient (Wildman–Crippen LogP) is 17.7. The Morgan fingerprint density at radius 3 is 0.930 bits per heavy atom. The number of primary amides is 4. The van der Waals surface area contributed by atoms with Gasteiger partial charge in [0.1, 0.15) is 28.0 Å². The van der Waals surface area contributed by atoms with Gasteiger partial charge in [-0.1, -0.05) is 146 Å². The third kappa shape index (κ3) is 26.3. The molecule has 0 aliphatic carbocycles. The molecule has 31 nitrogen and oxygen atoms in total. The van der Waals surface area contributed by atoms with Crippen LogP contribution in [0.5, 0.6) is 5.75 Å². The van der Waals surface area contributed by atoms with Gasteiger partial charge in [-0.25, -0.2) is 0 Å². The third-order valence-corrected chi connectivity index (χ3v) is 25.2. The molecule has 728 valence electrons. The molecule has 5 heterocycles. The van der Waals surface area contributed by atoms with E-state index >= 15 is 0 Å². The fourth-order valence-corrected chi connectivity index (χ4v) is 16.4. The largest absolute Gasteiger partial charge is 0.497 e. The van der Waals surface area contributed by atoms with Crippen LogP contribution in [0.2, 0.25) is 0 Å². The first-order chi connectivity index (χ1) is 68.2. The molecule has 0 bridgehead atoms. The molecule has 142 heavy (non-hydrogen) atoms. The van der Waals surface area contributed by atoms with Gasteiger partial charge in [-0.3, -0.25) is 59.1 Å². The summed E-state index contributed by atoms with van der Waals surface area (Å²) in [6.07, 6.45) is 3.52. The molecule has 0 aliphatic rings. The van der Waals surface area contributed by atoms with E-state index in [1.807, 2.05) is 78.9 Å². The molecule has 22 N–H and O–H groups in total. The van der Waals surface area contributed by atoms with E-state index < -0.39 is 23.6 Å². The van der Waals surface area contributed by atoms with Gasteiger partial charge in [-0.05, 0) is 290 Å². The van der Waals surface area contributed by atoms with Crippen LogP contribution in [-0.2, 0) is 65.1 Å². The zero-order chi connectivity index (χ0) is 102. The highest BCUT2D eigenvalue weighted by molar-refractivity contribution is 6.07. The number of benzene rings is 11. The lowest BCUT2D eigenvalue weighted by Gasteiger charge is -2.11. The lowest BCUT2D eigenvalue weighted by molar-refractivity contribution is 0.0991. The van der Waals surface area contributed by atoms with Gasteiger partial charge < -0.3 is 75.1 Å². The molecule has 0 saturated carbocycles. The summed E-state index contributed by atoms with van der Waals surface area (Å²) in [5.74, 6) is -0.564. The summed E-state index contributed by atoms with van der Waals surface area (Å²) in [5, 5.41) is 76.2. The monoisotopic (exact) mass is 1910 g/mol. The number of amides is 7. The SMILES string of the molecule is COc1cccc(C(=O)Nc2ccc(Cc3[nH]nc(NCc4cc(C)c(C)c(C)c4)c3C(N)=O)cc2)c1.Cc1cc(CNc2n[nH]c(Cc3ccc(-c4ccn[nH]4)cc3)c2C(N)=O)cc(C)c1C.Cc1cc(CNc2n[nH]c(Cc3ccc(NC(=O)c4ccc(CO)cc4)cc3)c2C(N)=O)cc(C)c1C.Cc1cc(CNc2n[nH]c(Cc3ccc(NC(=O)c4ccccc4CO)cc3)c2C(N)=O)cc(C)c1C. The molecular weight excluding hydrogens is 1790 g/mol. The Kier molecular flexibility index (Phi) is 33.9. The van der Waals surface area contributed by atoms with Gasteiger partial charge in [-0.2, -0.15) is 25.5 Å². The number of aromatic nitrogens is 10. The number of anilines is 7. The maximum absolute atomic E-state index is 12.6. The summed E-state index contributed by atoms with van der Waals surface area (Å²) in [5.41, 5.74) is 56.6. The molecule has 7 amide bonds. The first-order valence-electron chi connectivity index (χ1n) is 46.2. The molecule has 0 spiro atoms. The van der Waals surface area contributed by atoms with Gasteiger partial charge in [0.2, 0.25) is 0 Å². The van der Waals surface area contributed by atoms with Crippen LogP contribution >= 0.6 is 0 Å². The van der Waals surface area contributed by atoms with Crippen molar-refractivity contribution in [2.75, 3.05) is 44.3 Å². The van der Waals surface area contributed by atoms with Gasteiger partial charge in [-0.15, -0.1) is 0 Å². The summed E-state index contributed by atoms with van der Waals surface area (Å²) in [6.45, 7) is 27.0. The van der Waals surface area contributed by atoms with Crippen molar-refractivity contribution in [2.24, 2.45) is 22.9 Å². The number of aromatic amines is 5. The maximum atomic E-state index is 12.6. The number of nitrogens with one attached hydrogen (secondary N) is 12. The van der Waals surface area contributed by atoms with Crippen molar-refractivity contribution in [3.05, 3.63) is 415 Å². The number of hydrogen-bond donors (Lipinski definition) is 18. The number of ether oxygens (including phenoxy) is 1. The number of hydrogen-bond acceptors (Lipinski definition) is 19. The quantitative estimate of drug-likeness (QED) is 0.0178. The highest BCUT2D eigenvalue weighted by Gasteiger charge is 2.25. The van der Waals surface area contributed by atoms with E-state index in [0.29, 0.717) is 165 Å². The number of H-pyrrole nitrogens is 5. The first kappa shape index (κ1) is 102. The molecule has 0 saturated heterocycles. The number of methoxy groups -OCH3 is 1. The minimum atomic E-state index is -0.561. The van der Waals surface area contributed by atoms with Crippen LogP contribution in [-0.4, -0.2) is 110 Å². The maximum Gasteiger partial charge on any atom is 0.256 e. The zero-order valence-corrected chi connectivity index (χ0v) is 81.7. The Labute approximate surface area is 823 Å². The molecule has 0 atom stereocenters. The van der Waals surface area contributed by atoms with Gasteiger partial charge in [0.05, 0.1) is 48.8 Å². The fraction of sp³-hybridized carbons (Fsp3) is 0.207. The second kappa shape index (κ2) is 47.2. The van der Waals surface area contributed by atoms with Crippen LogP contribution in [0.4, 0.5) is 40.3 Å². The Hall–Kier alpha value is -17.3. The Morgan fingerprint density at radius 1 is 0.317 bits per heavy atom. The van der Waals surface area contributed by atoms with E-state index in [9.17, 15) is 38.7 Å². The second-order valence-corrected chi connectivity index (χ2v) is 35.2. The normalized spacial score (nSPS) is 10.8. The number of nitrogens with two attached hydrogens (primary N) is 4. The number of carbonyl (C=O) groups is 7. The number of aliphatic hydroxyl groups excluding tert-OH is 2. The standard InChI is InChI=1S/3C29H31N5O3.C24H26N6O/c1-17-12-22(13-18(2)19(17)3)15-31-28-26(27(30)36)25(33-34-28)14-20-6-10-24(11-7-20)32-29(37)23-8-4-21(16-35)5-9-23;1-17-12-21(13-18(2)19(17)3)16-31-28-26(27(30)35)25(33-34-28)14-20-8-10-23(11-9-20)32-29(36)22-6-5-7-24(15-22)37-4;1-17-12-21(13-18(2)19(17)3)15-31-28-26(27(30)36)25(33-34-28)14-20-8-10-23(11-9-20)32-29(37)24-7-5-4-6-22(24)16-35;1-14-10-18(11-15(2)16(14)3)13-26-24-22(23(25)31)21(29-30-24)12-17-4-6-19(7-5-17)20-8-9-27-28-20/h4-13,35H,14-16H2,1-3H3,(H2,30,36)(H,32,37)(H2,31,33,34);5-13,15H,14,16H2,1-4H3,(H2,30,35)(H,32,36)(H2,31,33,34);4-13,35H,14-16H2,1-3H3,(H2,30,36)(H,32,37)(H2,31,33,34);4-11H,12-13H2,1-3H3,(H2,25,31)(H,27,28)(H2,26,29,30). The van der Waals surface area contributed by atoms with Crippen LogP contribution < -0.4 is 64.9 Å². The van der Waals surface area contributed by atoms with Gasteiger partial charge in [0, 0.05) is 91.8 Å². The number of aryl methyl sites for hydroxylation is 8. The Morgan fingerprint density at radius 2 is 0.627 bits per heavy atom. The Bertz CT molecular complexity index is 7130. The molecule has 0 radical (unpaired) electrons. The second-order valence-electron chi connectivity index (χ2n) is 35.2. The predicted molar refractivity (Wildman–Crippen MR) is 556 cm³/mol.